The number of ether oxygens (including phenoxy) is 1. The van der Waals surface area contributed by atoms with Crippen LogP contribution in [-0.4, -0.2) is 36.7 Å². The monoisotopic (exact) mass is 270 g/mol. The van der Waals surface area contributed by atoms with Crippen LogP contribution in [0, 0.1) is 11.6 Å². The predicted octanol–water partition coefficient (Wildman–Crippen LogP) is 2.07. The Balaban J connectivity index is 2.26. The van der Waals surface area contributed by atoms with Gasteiger partial charge >= 0.3 is 0 Å². The molecule has 1 fully saturated rings. The van der Waals surface area contributed by atoms with Crippen LogP contribution in [0.1, 0.15) is 25.5 Å². The molecule has 0 aromatic heterocycles. The van der Waals surface area contributed by atoms with Gasteiger partial charge in [-0.25, -0.2) is 8.78 Å². The molecular formula is C14H20F2N2O. The quantitative estimate of drug-likeness (QED) is 0.914. The van der Waals surface area contributed by atoms with Gasteiger partial charge in [0.25, 0.3) is 0 Å². The van der Waals surface area contributed by atoms with E-state index in [1.165, 1.54) is 6.07 Å². The second kappa shape index (κ2) is 5.94. The molecule has 0 bridgehead atoms. The lowest BCUT2D eigenvalue weighted by atomic mass is 10.0. The highest BCUT2D eigenvalue weighted by Gasteiger charge is 2.29. The molecule has 2 N–H and O–H groups in total. The van der Waals surface area contributed by atoms with E-state index in [2.05, 4.69) is 4.90 Å². The largest absolute Gasteiger partial charge is 0.373 e. The van der Waals surface area contributed by atoms with Gasteiger partial charge < -0.3 is 10.5 Å². The van der Waals surface area contributed by atoms with Crippen molar-refractivity contribution in [1.82, 2.24) is 4.90 Å². The second-order valence-electron chi connectivity index (χ2n) is 5.13. The van der Waals surface area contributed by atoms with E-state index in [1.807, 2.05) is 13.8 Å². The summed E-state index contributed by atoms with van der Waals surface area (Å²) in [5, 5.41) is 0. The molecule has 2 rings (SSSR count). The molecule has 0 unspecified atom stereocenters. The summed E-state index contributed by atoms with van der Waals surface area (Å²) in [6, 6.07) is 3.19. The van der Waals surface area contributed by atoms with E-state index in [-0.39, 0.29) is 24.8 Å². The lowest BCUT2D eigenvalue weighted by Gasteiger charge is -2.40. The van der Waals surface area contributed by atoms with Gasteiger partial charge in [-0.05, 0) is 32.0 Å². The van der Waals surface area contributed by atoms with Crippen molar-refractivity contribution in [3.8, 4) is 0 Å². The van der Waals surface area contributed by atoms with E-state index in [0.29, 0.717) is 18.7 Å². The van der Waals surface area contributed by atoms with Gasteiger partial charge in [-0.3, -0.25) is 4.90 Å². The standard InChI is InChI=1S/C14H20F2N2O/c1-9-7-18(8-10(2)19-9)14(6-17)12-5-11(15)3-4-13(12)16/h3-5,9-10,14H,6-8,17H2,1-2H3/t9-,10-,14+/m1/s1. The zero-order chi connectivity index (χ0) is 14.0. The Morgan fingerprint density at radius 1 is 1.32 bits per heavy atom. The van der Waals surface area contributed by atoms with E-state index < -0.39 is 11.6 Å². The minimum Gasteiger partial charge on any atom is -0.373 e. The Bertz CT molecular complexity index is 431. The molecule has 1 aromatic rings. The molecule has 0 spiro atoms. The maximum absolute atomic E-state index is 13.9. The van der Waals surface area contributed by atoms with Crippen LogP contribution >= 0.6 is 0 Å². The smallest absolute Gasteiger partial charge is 0.128 e. The molecule has 0 radical (unpaired) electrons. The van der Waals surface area contributed by atoms with E-state index in [0.717, 1.165) is 12.1 Å². The van der Waals surface area contributed by atoms with Crippen LogP contribution < -0.4 is 5.73 Å². The Labute approximate surface area is 112 Å². The van der Waals surface area contributed by atoms with Crippen LogP contribution in [0.15, 0.2) is 18.2 Å². The molecule has 1 aromatic carbocycles. The zero-order valence-electron chi connectivity index (χ0n) is 11.3. The first-order valence-corrected chi connectivity index (χ1v) is 6.55. The van der Waals surface area contributed by atoms with Crippen molar-refractivity contribution in [2.45, 2.75) is 32.1 Å². The van der Waals surface area contributed by atoms with Crippen molar-refractivity contribution in [3.05, 3.63) is 35.4 Å². The first-order valence-electron chi connectivity index (χ1n) is 6.55. The summed E-state index contributed by atoms with van der Waals surface area (Å²) >= 11 is 0. The Morgan fingerprint density at radius 2 is 1.95 bits per heavy atom. The molecule has 0 saturated carbocycles. The van der Waals surface area contributed by atoms with E-state index in [4.69, 9.17) is 10.5 Å². The van der Waals surface area contributed by atoms with Gasteiger partial charge in [0.15, 0.2) is 0 Å². The number of rotatable bonds is 3. The van der Waals surface area contributed by atoms with Crippen molar-refractivity contribution in [2.75, 3.05) is 19.6 Å². The van der Waals surface area contributed by atoms with Crippen molar-refractivity contribution in [2.24, 2.45) is 5.73 Å². The van der Waals surface area contributed by atoms with Gasteiger partial charge in [0.1, 0.15) is 11.6 Å². The summed E-state index contributed by atoms with van der Waals surface area (Å²) < 4.78 is 32.8. The third-order valence-electron chi connectivity index (χ3n) is 3.43. The molecule has 1 aliphatic rings. The summed E-state index contributed by atoms with van der Waals surface area (Å²) in [5.74, 6) is -0.854. The van der Waals surface area contributed by atoms with Crippen LogP contribution in [0.3, 0.4) is 0 Å². The molecule has 19 heavy (non-hydrogen) atoms. The summed E-state index contributed by atoms with van der Waals surface area (Å²) in [6.45, 7) is 5.53. The second-order valence-corrected chi connectivity index (χ2v) is 5.13. The fourth-order valence-electron chi connectivity index (χ4n) is 2.71. The van der Waals surface area contributed by atoms with Crippen LogP contribution in [0.2, 0.25) is 0 Å². The summed E-state index contributed by atoms with van der Waals surface area (Å²) in [6.07, 6.45) is 0.129. The maximum Gasteiger partial charge on any atom is 0.128 e. The number of hydrogen-bond acceptors (Lipinski definition) is 3. The first-order chi connectivity index (χ1) is 9.01. The topological polar surface area (TPSA) is 38.5 Å². The Morgan fingerprint density at radius 3 is 2.53 bits per heavy atom. The van der Waals surface area contributed by atoms with Gasteiger partial charge in [-0.15, -0.1) is 0 Å². The lowest BCUT2D eigenvalue weighted by molar-refractivity contribution is -0.0802. The molecule has 1 aliphatic heterocycles. The Hall–Kier alpha value is -1.04. The van der Waals surface area contributed by atoms with Crippen LogP contribution in [0.5, 0.6) is 0 Å². The van der Waals surface area contributed by atoms with E-state index in [9.17, 15) is 8.78 Å². The molecule has 1 saturated heterocycles. The molecule has 106 valence electrons. The third-order valence-corrected chi connectivity index (χ3v) is 3.43. The van der Waals surface area contributed by atoms with E-state index in [1.54, 1.807) is 0 Å². The van der Waals surface area contributed by atoms with Crippen molar-refractivity contribution >= 4 is 0 Å². The molecule has 3 atom stereocenters. The fourth-order valence-corrected chi connectivity index (χ4v) is 2.71. The lowest BCUT2D eigenvalue weighted by Crippen LogP contribution is -2.48. The summed E-state index contributed by atoms with van der Waals surface area (Å²) in [4.78, 5) is 2.07. The van der Waals surface area contributed by atoms with Gasteiger partial charge in [0.2, 0.25) is 0 Å². The molecule has 5 heteroatoms. The average Bonchev–Trinajstić information content (AvgIpc) is 2.33. The van der Waals surface area contributed by atoms with Gasteiger partial charge in [0, 0.05) is 25.2 Å². The number of benzene rings is 1. The number of hydrogen-bond donors (Lipinski definition) is 1. The Kier molecular flexibility index (Phi) is 4.50. The number of nitrogens with two attached hydrogens (primary N) is 1. The average molecular weight is 270 g/mol. The van der Waals surface area contributed by atoms with Crippen molar-refractivity contribution < 1.29 is 13.5 Å². The highest BCUT2D eigenvalue weighted by Crippen LogP contribution is 2.26. The van der Waals surface area contributed by atoms with Gasteiger partial charge in [-0.1, -0.05) is 0 Å². The number of morpholine rings is 1. The van der Waals surface area contributed by atoms with Crippen LogP contribution in [0.4, 0.5) is 8.78 Å². The van der Waals surface area contributed by atoms with Crippen LogP contribution in [-0.2, 0) is 4.74 Å². The molecular weight excluding hydrogens is 250 g/mol. The first kappa shape index (κ1) is 14.4. The van der Waals surface area contributed by atoms with Crippen LogP contribution in [0.25, 0.3) is 0 Å². The van der Waals surface area contributed by atoms with Gasteiger partial charge in [0.05, 0.1) is 18.2 Å². The van der Waals surface area contributed by atoms with Crippen molar-refractivity contribution in [1.29, 1.82) is 0 Å². The van der Waals surface area contributed by atoms with Gasteiger partial charge in [-0.2, -0.15) is 0 Å². The molecule has 0 aliphatic carbocycles. The molecule has 3 nitrogen and oxygen atoms in total. The van der Waals surface area contributed by atoms with Crippen molar-refractivity contribution in [3.63, 3.8) is 0 Å². The highest BCUT2D eigenvalue weighted by atomic mass is 19.1. The maximum atomic E-state index is 13.9. The third kappa shape index (κ3) is 3.29. The zero-order valence-corrected chi connectivity index (χ0v) is 11.3. The molecule has 0 amide bonds. The highest BCUT2D eigenvalue weighted by molar-refractivity contribution is 5.23. The minimum atomic E-state index is -0.441. The fraction of sp³-hybridized carbons (Fsp3) is 0.571. The normalized spacial score (nSPS) is 26.4. The minimum absolute atomic E-state index is 0.0643. The SMILES string of the molecule is C[C@@H]1CN([C@@H](CN)c2cc(F)ccc2F)C[C@@H](C)O1. The molecule has 1 heterocycles. The number of nitrogens with zero attached hydrogens (tertiary/aromatic N) is 1. The van der Waals surface area contributed by atoms with E-state index >= 15 is 0 Å². The predicted molar refractivity (Wildman–Crippen MR) is 69.7 cm³/mol. The summed E-state index contributed by atoms with van der Waals surface area (Å²) in [7, 11) is 0. The number of halogens is 2. The summed E-state index contributed by atoms with van der Waals surface area (Å²) in [5.41, 5.74) is 6.10.